The number of hydrogen-bond acceptors (Lipinski definition) is 3. The van der Waals surface area contributed by atoms with Gasteiger partial charge in [-0.05, 0) is 44.4 Å². The van der Waals surface area contributed by atoms with Crippen molar-refractivity contribution in [3.8, 4) is 0 Å². The molecule has 0 bridgehead atoms. The molecule has 2 rings (SSSR count). The van der Waals surface area contributed by atoms with Crippen molar-refractivity contribution in [1.29, 1.82) is 0 Å². The topological polar surface area (TPSA) is 57.6 Å². The third-order valence-electron chi connectivity index (χ3n) is 3.57. The Bertz CT molecular complexity index is 584. The van der Waals surface area contributed by atoms with Crippen molar-refractivity contribution >= 4 is 10.0 Å². The van der Waals surface area contributed by atoms with Gasteiger partial charge in [-0.3, -0.25) is 0 Å². The molecule has 1 N–H and O–H groups in total. The molecule has 0 spiro atoms. The number of halogens is 1. The van der Waals surface area contributed by atoms with E-state index in [2.05, 4.69) is 0 Å². The van der Waals surface area contributed by atoms with E-state index in [0.717, 1.165) is 18.9 Å². The molecule has 1 aromatic carbocycles. The van der Waals surface area contributed by atoms with Crippen LogP contribution in [0.2, 0.25) is 0 Å². The molecule has 0 saturated carbocycles. The predicted octanol–water partition coefficient (Wildman–Crippen LogP) is 1.88. The van der Waals surface area contributed by atoms with Crippen molar-refractivity contribution in [1.82, 2.24) is 4.31 Å². The maximum Gasteiger partial charge on any atom is 0.246 e. The first-order chi connectivity index (χ1) is 8.79. The predicted molar refractivity (Wildman–Crippen MR) is 69.5 cm³/mol. The van der Waals surface area contributed by atoms with Crippen LogP contribution in [0.3, 0.4) is 0 Å². The molecule has 106 valence electrons. The van der Waals surface area contributed by atoms with E-state index in [-0.39, 0.29) is 11.5 Å². The van der Waals surface area contributed by atoms with Crippen LogP contribution in [-0.2, 0) is 16.6 Å². The van der Waals surface area contributed by atoms with Crippen LogP contribution in [-0.4, -0.2) is 29.9 Å². The molecular weight excluding hydrogens is 269 g/mol. The second-order valence-corrected chi connectivity index (χ2v) is 7.25. The van der Waals surface area contributed by atoms with Crippen LogP contribution < -0.4 is 0 Å². The number of rotatable bonds is 3. The van der Waals surface area contributed by atoms with E-state index < -0.39 is 21.4 Å². The number of sulfonamides is 1. The summed E-state index contributed by atoms with van der Waals surface area (Å²) < 4.78 is 40.3. The molecule has 4 nitrogen and oxygen atoms in total. The molecule has 0 atom stereocenters. The lowest BCUT2D eigenvalue weighted by atomic mass is 10.0. The number of aliphatic hydroxyl groups is 1. The molecule has 0 unspecified atom stereocenters. The molecule has 1 heterocycles. The van der Waals surface area contributed by atoms with E-state index in [4.69, 9.17) is 5.11 Å². The van der Waals surface area contributed by atoms with Gasteiger partial charge >= 0.3 is 0 Å². The van der Waals surface area contributed by atoms with Gasteiger partial charge in [0.05, 0.1) is 6.61 Å². The minimum atomic E-state index is -3.86. The highest BCUT2D eigenvalue weighted by Crippen LogP contribution is 2.34. The smallest absolute Gasteiger partial charge is 0.246 e. The lowest BCUT2D eigenvalue weighted by molar-refractivity contribution is 0.280. The molecule has 1 fully saturated rings. The lowest BCUT2D eigenvalue weighted by Crippen LogP contribution is -2.42. The second kappa shape index (κ2) is 4.85. The monoisotopic (exact) mass is 287 g/mol. The summed E-state index contributed by atoms with van der Waals surface area (Å²) in [5.74, 6) is -0.778. The fourth-order valence-corrected chi connectivity index (χ4v) is 4.45. The van der Waals surface area contributed by atoms with Crippen molar-refractivity contribution in [2.75, 3.05) is 6.54 Å². The average Bonchev–Trinajstić information content (AvgIpc) is 2.70. The van der Waals surface area contributed by atoms with Crippen LogP contribution >= 0.6 is 0 Å². The highest BCUT2D eigenvalue weighted by atomic mass is 32.2. The normalized spacial score (nSPS) is 19.8. The quantitative estimate of drug-likeness (QED) is 0.923. The molecule has 1 aliphatic heterocycles. The van der Waals surface area contributed by atoms with Crippen molar-refractivity contribution in [2.24, 2.45) is 0 Å². The van der Waals surface area contributed by atoms with Crippen molar-refractivity contribution < 1.29 is 17.9 Å². The number of benzene rings is 1. The summed E-state index contributed by atoms with van der Waals surface area (Å²) in [6.07, 6.45) is 1.53. The second-order valence-electron chi connectivity index (χ2n) is 5.42. The Hall–Kier alpha value is -0.980. The van der Waals surface area contributed by atoms with Gasteiger partial charge in [-0.25, -0.2) is 12.8 Å². The zero-order valence-corrected chi connectivity index (χ0v) is 11.9. The maximum atomic E-state index is 13.8. The van der Waals surface area contributed by atoms with Gasteiger partial charge in [0.1, 0.15) is 10.7 Å². The summed E-state index contributed by atoms with van der Waals surface area (Å²) in [4.78, 5) is -0.353. The molecule has 0 aliphatic carbocycles. The Morgan fingerprint density at radius 3 is 2.63 bits per heavy atom. The van der Waals surface area contributed by atoms with E-state index in [0.29, 0.717) is 12.1 Å². The van der Waals surface area contributed by atoms with Crippen LogP contribution in [0.25, 0.3) is 0 Å². The van der Waals surface area contributed by atoms with E-state index >= 15 is 0 Å². The highest BCUT2D eigenvalue weighted by molar-refractivity contribution is 7.89. The first-order valence-corrected chi connectivity index (χ1v) is 7.65. The average molecular weight is 287 g/mol. The van der Waals surface area contributed by atoms with Gasteiger partial charge in [0.15, 0.2) is 0 Å². The van der Waals surface area contributed by atoms with Crippen LogP contribution in [0.5, 0.6) is 0 Å². The minimum Gasteiger partial charge on any atom is -0.392 e. The molecule has 1 aromatic rings. The largest absolute Gasteiger partial charge is 0.392 e. The van der Waals surface area contributed by atoms with Crippen molar-refractivity contribution in [3.05, 3.63) is 29.6 Å². The molecule has 0 radical (unpaired) electrons. The van der Waals surface area contributed by atoms with Gasteiger partial charge < -0.3 is 5.11 Å². The minimum absolute atomic E-state index is 0.313. The summed E-state index contributed by atoms with van der Waals surface area (Å²) in [5, 5.41) is 9.06. The van der Waals surface area contributed by atoms with Gasteiger partial charge in [0.2, 0.25) is 10.0 Å². The number of nitrogens with zero attached hydrogens (tertiary/aromatic N) is 1. The van der Waals surface area contributed by atoms with Crippen molar-refractivity contribution in [2.45, 2.75) is 43.7 Å². The van der Waals surface area contributed by atoms with Gasteiger partial charge in [0, 0.05) is 12.1 Å². The SMILES string of the molecule is CC1(C)CCCN1S(=O)(=O)c1cc(CO)ccc1F. The van der Waals surface area contributed by atoms with E-state index in [1.54, 1.807) is 0 Å². The summed E-state index contributed by atoms with van der Waals surface area (Å²) in [6.45, 7) is 3.76. The zero-order valence-electron chi connectivity index (χ0n) is 11.1. The standard InChI is InChI=1S/C13H18FNO3S/c1-13(2)6-3-7-15(13)19(17,18)12-8-10(9-16)4-5-11(12)14/h4-5,8,16H,3,6-7,9H2,1-2H3. The Labute approximate surface area is 112 Å². The van der Waals surface area contributed by atoms with Crippen LogP contribution in [0.15, 0.2) is 23.1 Å². The van der Waals surface area contributed by atoms with Gasteiger partial charge in [-0.2, -0.15) is 4.31 Å². The van der Waals surface area contributed by atoms with Crippen LogP contribution in [0.1, 0.15) is 32.3 Å². The molecule has 1 saturated heterocycles. The Morgan fingerprint density at radius 2 is 2.11 bits per heavy atom. The molecule has 0 aromatic heterocycles. The van der Waals surface area contributed by atoms with Crippen LogP contribution in [0.4, 0.5) is 4.39 Å². The highest BCUT2D eigenvalue weighted by Gasteiger charge is 2.41. The Balaban J connectivity index is 2.51. The van der Waals surface area contributed by atoms with Gasteiger partial charge in [-0.1, -0.05) is 6.07 Å². The summed E-state index contributed by atoms with van der Waals surface area (Å²) in [6, 6.07) is 3.67. The number of aliphatic hydroxyl groups excluding tert-OH is 1. The van der Waals surface area contributed by atoms with Gasteiger partial charge in [-0.15, -0.1) is 0 Å². The third kappa shape index (κ3) is 2.52. The maximum absolute atomic E-state index is 13.8. The molecule has 0 amide bonds. The van der Waals surface area contributed by atoms with Crippen molar-refractivity contribution in [3.63, 3.8) is 0 Å². The van der Waals surface area contributed by atoms with Gasteiger partial charge in [0.25, 0.3) is 0 Å². The first kappa shape index (κ1) is 14.4. The van der Waals surface area contributed by atoms with E-state index in [1.165, 1.54) is 16.4 Å². The fourth-order valence-electron chi connectivity index (χ4n) is 2.49. The summed E-state index contributed by atoms with van der Waals surface area (Å²) >= 11 is 0. The van der Waals surface area contributed by atoms with E-state index in [9.17, 15) is 12.8 Å². The van der Waals surface area contributed by atoms with E-state index in [1.807, 2.05) is 13.8 Å². The Morgan fingerprint density at radius 1 is 1.42 bits per heavy atom. The molecular formula is C13H18FNO3S. The summed E-state index contributed by atoms with van der Waals surface area (Å²) in [5.41, 5.74) is -0.113. The van der Waals surface area contributed by atoms with Crippen LogP contribution in [0, 0.1) is 5.82 Å². The zero-order chi connectivity index (χ0) is 14.3. The first-order valence-electron chi connectivity index (χ1n) is 6.21. The molecule has 19 heavy (non-hydrogen) atoms. The molecule has 6 heteroatoms. The Kier molecular flexibility index (Phi) is 3.68. The third-order valence-corrected chi connectivity index (χ3v) is 5.70. The summed E-state index contributed by atoms with van der Waals surface area (Å²) in [7, 11) is -3.86. The lowest BCUT2D eigenvalue weighted by Gasteiger charge is -2.30. The fraction of sp³-hybridized carbons (Fsp3) is 0.538. The number of hydrogen-bond donors (Lipinski definition) is 1. The molecule has 1 aliphatic rings.